The molecule has 108 valence electrons. The zero-order chi connectivity index (χ0) is 14.2. The summed E-state index contributed by atoms with van der Waals surface area (Å²) >= 11 is 0. The van der Waals surface area contributed by atoms with Crippen LogP contribution in [-0.4, -0.2) is 25.5 Å². The molecule has 1 nitrogen and oxygen atoms in total. The maximum Gasteiger partial charge on any atom is 0.0144 e. The first-order chi connectivity index (χ1) is 9.61. The van der Waals surface area contributed by atoms with Crippen molar-refractivity contribution in [3.63, 3.8) is 0 Å². The van der Waals surface area contributed by atoms with E-state index in [1.54, 1.807) is 16.7 Å². The van der Waals surface area contributed by atoms with Crippen molar-refractivity contribution in [3.05, 3.63) is 41.5 Å². The molecule has 0 aliphatic heterocycles. The van der Waals surface area contributed by atoms with Gasteiger partial charge in [0.1, 0.15) is 0 Å². The Morgan fingerprint density at radius 3 is 2.55 bits per heavy atom. The van der Waals surface area contributed by atoms with Gasteiger partial charge in [0.05, 0.1) is 0 Å². The van der Waals surface area contributed by atoms with Gasteiger partial charge in [-0.25, -0.2) is 0 Å². The first kappa shape index (κ1) is 13.9. The van der Waals surface area contributed by atoms with Gasteiger partial charge in [0.15, 0.2) is 0 Å². The Hall–Kier alpha value is -1.08. The average molecular weight is 269 g/mol. The SMILES string of the molecule is CC(CC1=CC2(CCCC2)c2ccccc21)CN(C)C. The zero-order valence-corrected chi connectivity index (χ0v) is 13.2. The van der Waals surface area contributed by atoms with Crippen LogP contribution in [0, 0.1) is 5.92 Å². The fourth-order valence-corrected chi connectivity index (χ4v) is 4.34. The molecular weight excluding hydrogens is 242 g/mol. The first-order valence-electron chi connectivity index (χ1n) is 8.07. The number of allylic oxidation sites excluding steroid dienone is 2. The van der Waals surface area contributed by atoms with Gasteiger partial charge in [-0.05, 0) is 56.0 Å². The predicted molar refractivity (Wildman–Crippen MR) is 86.9 cm³/mol. The Morgan fingerprint density at radius 2 is 1.85 bits per heavy atom. The molecule has 0 bridgehead atoms. The molecule has 1 unspecified atom stereocenters. The summed E-state index contributed by atoms with van der Waals surface area (Å²) in [5, 5.41) is 0. The number of hydrogen-bond donors (Lipinski definition) is 0. The summed E-state index contributed by atoms with van der Waals surface area (Å²) in [5.41, 5.74) is 5.16. The first-order valence-corrected chi connectivity index (χ1v) is 8.07. The molecule has 0 saturated heterocycles. The van der Waals surface area contributed by atoms with Gasteiger partial charge < -0.3 is 4.90 Å². The molecule has 1 fully saturated rings. The molecule has 0 heterocycles. The number of hydrogen-bond acceptors (Lipinski definition) is 1. The highest BCUT2D eigenvalue weighted by atomic mass is 15.1. The van der Waals surface area contributed by atoms with Crippen molar-refractivity contribution in [2.75, 3.05) is 20.6 Å². The van der Waals surface area contributed by atoms with E-state index in [-0.39, 0.29) is 0 Å². The van der Waals surface area contributed by atoms with Gasteiger partial charge in [-0.3, -0.25) is 0 Å². The standard InChI is InChI=1S/C19H27N/c1-15(14-20(2)3)12-16-13-19(10-6-7-11-19)18-9-5-4-8-17(16)18/h4-5,8-9,13,15H,6-7,10-12,14H2,1-3H3. The highest BCUT2D eigenvalue weighted by Crippen LogP contribution is 2.51. The van der Waals surface area contributed by atoms with E-state index < -0.39 is 0 Å². The Bertz CT molecular complexity index is 506. The molecule has 1 atom stereocenters. The minimum absolute atomic E-state index is 0.393. The van der Waals surface area contributed by atoms with Crippen LogP contribution < -0.4 is 0 Å². The Morgan fingerprint density at radius 1 is 1.15 bits per heavy atom. The second kappa shape index (κ2) is 5.37. The van der Waals surface area contributed by atoms with Crippen LogP contribution in [0.2, 0.25) is 0 Å². The molecule has 2 aliphatic carbocycles. The second-order valence-corrected chi connectivity index (χ2v) is 7.15. The highest BCUT2D eigenvalue weighted by Gasteiger charge is 2.39. The van der Waals surface area contributed by atoms with Crippen LogP contribution in [0.5, 0.6) is 0 Å². The van der Waals surface area contributed by atoms with Crippen LogP contribution in [0.25, 0.3) is 5.57 Å². The van der Waals surface area contributed by atoms with E-state index in [0.29, 0.717) is 5.41 Å². The lowest BCUT2D eigenvalue weighted by Crippen LogP contribution is -2.19. The van der Waals surface area contributed by atoms with Gasteiger partial charge in [-0.2, -0.15) is 0 Å². The van der Waals surface area contributed by atoms with Gasteiger partial charge in [0.25, 0.3) is 0 Å². The van der Waals surface area contributed by atoms with E-state index in [0.717, 1.165) is 5.92 Å². The van der Waals surface area contributed by atoms with Crippen molar-refractivity contribution < 1.29 is 0 Å². The summed E-state index contributed by atoms with van der Waals surface area (Å²) in [7, 11) is 4.35. The lowest BCUT2D eigenvalue weighted by molar-refractivity contribution is 0.343. The summed E-state index contributed by atoms with van der Waals surface area (Å²) in [6.45, 7) is 3.55. The Balaban J connectivity index is 1.87. The summed E-state index contributed by atoms with van der Waals surface area (Å²) in [5.74, 6) is 0.723. The van der Waals surface area contributed by atoms with Crippen molar-refractivity contribution in [3.8, 4) is 0 Å². The molecule has 3 rings (SSSR count). The monoisotopic (exact) mass is 269 g/mol. The topological polar surface area (TPSA) is 3.24 Å². The van der Waals surface area contributed by atoms with Gasteiger partial charge in [0.2, 0.25) is 0 Å². The number of fused-ring (bicyclic) bond motifs is 2. The highest BCUT2D eigenvalue weighted by molar-refractivity contribution is 5.77. The predicted octanol–water partition coefficient (Wildman–Crippen LogP) is 4.48. The maximum atomic E-state index is 2.64. The largest absolute Gasteiger partial charge is 0.309 e. The van der Waals surface area contributed by atoms with Gasteiger partial charge in [-0.15, -0.1) is 0 Å². The third-order valence-corrected chi connectivity index (χ3v) is 5.00. The number of rotatable bonds is 4. The molecule has 1 aromatic carbocycles. The molecule has 0 radical (unpaired) electrons. The minimum atomic E-state index is 0.393. The van der Waals surface area contributed by atoms with Crippen LogP contribution in [0.15, 0.2) is 30.3 Å². The quantitative estimate of drug-likeness (QED) is 0.779. The van der Waals surface area contributed by atoms with E-state index in [9.17, 15) is 0 Å². The molecule has 1 heteroatoms. The van der Waals surface area contributed by atoms with Gasteiger partial charge >= 0.3 is 0 Å². The number of benzene rings is 1. The molecule has 0 aromatic heterocycles. The Kier molecular flexibility index (Phi) is 3.72. The molecule has 20 heavy (non-hydrogen) atoms. The van der Waals surface area contributed by atoms with Crippen molar-refractivity contribution in [1.82, 2.24) is 4.90 Å². The van der Waals surface area contributed by atoms with E-state index in [1.165, 1.54) is 38.6 Å². The van der Waals surface area contributed by atoms with E-state index in [1.807, 2.05) is 0 Å². The third kappa shape index (κ3) is 2.44. The molecular formula is C19H27N. The molecule has 1 aromatic rings. The van der Waals surface area contributed by atoms with Gasteiger partial charge in [-0.1, -0.05) is 50.1 Å². The molecule has 0 N–H and O–H groups in total. The number of nitrogens with zero attached hydrogens (tertiary/aromatic N) is 1. The van der Waals surface area contributed by atoms with Gasteiger partial charge in [0, 0.05) is 12.0 Å². The third-order valence-electron chi connectivity index (χ3n) is 5.00. The summed E-state index contributed by atoms with van der Waals surface area (Å²) in [6, 6.07) is 9.15. The second-order valence-electron chi connectivity index (χ2n) is 7.15. The normalized spacial score (nSPS) is 21.3. The summed E-state index contributed by atoms with van der Waals surface area (Å²) in [6.07, 6.45) is 9.36. The van der Waals surface area contributed by atoms with E-state index in [4.69, 9.17) is 0 Å². The lowest BCUT2D eigenvalue weighted by atomic mass is 9.81. The lowest BCUT2D eigenvalue weighted by Gasteiger charge is -2.22. The zero-order valence-electron chi connectivity index (χ0n) is 13.2. The van der Waals surface area contributed by atoms with Crippen molar-refractivity contribution in [1.29, 1.82) is 0 Å². The molecule has 1 saturated carbocycles. The van der Waals surface area contributed by atoms with Crippen LogP contribution in [0.3, 0.4) is 0 Å². The smallest absolute Gasteiger partial charge is 0.0144 e. The Labute approximate surface area is 123 Å². The van der Waals surface area contributed by atoms with Crippen LogP contribution in [-0.2, 0) is 5.41 Å². The van der Waals surface area contributed by atoms with Crippen LogP contribution >= 0.6 is 0 Å². The van der Waals surface area contributed by atoms with Crippen LogP contribution in [0.4, 0.5) is 0 Å². The van der Waals surface area contributed by atoms with Crippen molar-refractivity contribution in [2.24, 2.45) is 5.92 Å². The molecule has 1 spiro atoms. The fourth-order valence-electron chi connectivity index (χ4n) is 4.34. The minimum Gasteiger partial charge on any atom is -0.309 e. The van der Waals surface area contributed by atoms with Crippen molar-refractivity contribution >= 4 is 5.57 Å². The van der Waals surface area contributed by atoms with Crippen molar-refractivity contribution in [2.45, 2.75) is 44.4 Å². The fraction of sp³-hybridized carbons (Fsp3) is 0.579. The average Bonchev–Trinajstić information content (AvgIpc) is 2.97. The van der Waals surface area contributed by atoms with Crippen LogP contribution in [0.1, 0.15) is 50.2 Å². The summed E-state index contributed by atoms with van der Waals surface area (Å²) in [4.78, 5) is 2.30. The maximum absolute atomic E-state index is 2.64. The summed E-state index contributed by atoms with van der Waals surface area (Å²) < 4.78 is 0. The molecule has 2 aliphatic rings. The molecule has 0 amide bonds. The van der Waals surface area contributed by atoms with E-state index >= 15 is 0 Å². The van der Waals surface area contributed by atoms with E-state index in [2.05, 4.69) is 56.3 Å².